The number of rotatable bonds is 3. The molecule has 1 nitrogen and oxygen atoms in total. The van der Waals surface area contributed by atoms with E-state index in [9.17, 15) is 4.79 Å². The van der Waals surface area contributed by atoms with E-state index in [1.165, 1.54) is 37.7 Å². The Bertz CT molecular complexity index is 315. The number of ketones is 1. The van der Waals surface area contributed by atoms with Gasteiger partial charge in [0.15, 0.2) is 5.78 Å². The zero-order valence-electron chi connectivity index (χ0n) is 9.54. The summed E-state index contributed by atoms with van der Waals surface area (Å²) >= 11 is 0. The highest BCUT2D eigenvalue weighted by Crippen LogP contribution is 2.56. The van der Waals surface area contributed by atoms with Crippen LogP contribution in [0.3, 0.4) is 0 Å². The van der Waals surface area contributed by atoms with Crippen molar-refractivity contribution < 1.29 is 4.79 Å². The van der Waals surface area contributed by atoms with Crippen LogP contribution in [0.5, 0.6) is 0 Å². The number of unbranched alkanes of at least 4 members (excludes halogenated alkanes) is 1. The molecular formula is C14H20O. The molecule has 3 aliphatic carbocycles. The van der Waals surface area contributed by atoms with Crippen LogP contribution in [0.4, 0.5) is 0 Å². The summed E-state index contributed by atoms with van der Waals surface area (Å²) in [6.45, 7) is 2.20. The largest absolute Gasteiger partial charge is 0.294 e. The van der Waals surface area contributed by atoms with Crippen LogP contribution in [-0.4, -0.2) is 5.78 Å². The Morgan fingerprint density at radius 3 is 2.87 bits per heavy atom. The van der Waals surface area contributed by atoms with E-state index in [4.69, 9.17) is 0 Å². The first kappa shape index (κ1) is 9.62. The minimum atomic E-state index is 0.426. The van der Waals surface area contributed by atoms with Gasteiger partial charge in [0, 0.05) is 5.92 Å². The molecule has 0 aromatic carbocycles. The zero-order valence-corrected chi connectivity index (χ0v) is 9.54. The maximum absolute atomic E-state index is 12.2. The molecule has 0 heterocycles. The number of allylic oxidation sites excluding steroid dienone is 2. The molecule has 0 amide bonds. The Kier molecular flexibility index (Phi) is 2.22. The van der Waals surface area contributed by atoms with Gasteiger partial charge in [-0.3, -0.25) is 4.79 Å². The predicted octanol–water partition coefficient (Wildman–Crippen LogP) is 3.35. The average Bonchev–Trinajstić information content (AvgIpc) is 2.88. The number of hydrogen-bond acceptors (Lipinski definition) is 1. The van der Waals surface area contributed by atoms with Gasteiger partial charge in [-0.1, -0.05) is 19.4 Å². The molecule has 2 fully saturated rings. The number of carbonyl (C=O) groups excluding carboxylic acids is 1. The minimum absolute atomic E-state index is 0.426. The van der Waals surface area contributed by atoms with Gasteiger partial charge in [-0.2, -0.15) is 0 Å². The fraction of sp³-hybridized carbons (Fsp3) is 0.786. The third-order valence-electron chi connectivity index (χ3n) is 4.79. The second-order valence-corrected chi connectivity index (χ2v) is 5.60. The fourth-order valence-corrected chi connectivity index (χ4v) is 4.07. The molecule has 4 unspecified atom stereocenters. The van der Waals surface area contributed by atoms with Gasteiger partial charge in [0.2, 0.25) is 0 Å². The molecule has 0 aromatic rings. The van der Waals surface area contributed by atoms with E-state index < -0.39 is 0 Å². The van der Waals surface area contributed by atoms with Crippen LogP contribution in [0.1, 0.15) is 45.4 Å². The Morgan fingerprint density at radius 1 is 1.33 bits per heavy atom. The monoisotopic (exact) mass is 204 g/mol. The summed E-state index contributed by atoms with van der Waals surface area (Å²) in [4.78, 5) is 12.2. The molecule has 4 atom stereocenters. The summed E-state index contributed by atoms with van der Waals surface area (Å²) < 4.78 is 0. The predicted molar refractivity (Wildman–Crippen MR) is 60.4 cm³/mol. The van der Waals surface area contributed by atoms with Crippen LogP contribution in [0.25, 0.3) is 0 Å². The molecule has 3 rings (SSSR count). The van der Waals surface area contributed by atoms with Crippen LogP contribution in [0, 0.1) is 23.7 Å². The molecule has 2 bridgehead atoms. The van der Waals surface area contributed by atoms with Crippen molar-refractivity contribution in [2.24, 2.45) is 23.7 Å². The van der Waals surface area contributed by atoms with E-state index in [0.717, 1.165) is 18.3 Å². The zero-order chi connectivity index (χ0) is 10.4. The number of Topliss-reactive ketones (excluding diaryl/α,β-unsaturated/α-hetero) is 1. The van der Waals surface area contributed by atoms with Gasteiger partial charge < -0.3 is 0 Å². The SMILES string of the molecule is CCCCC1=CC2C3CCC(C3)C2C1=O. The van der Waals surface area contributed by atoms with Crippen LogP contribution in [0.15, 0.2) is 11.6 Å². The molecule has 3 aliphatic rings. The molecule has 15 heavy (non-hydrogen) atoms. The molecule has 0 aliphatic heterocycles. The quantitative estimate of drug-likeness (QED) is 0.689. The molecule has 0 aromatic heterocycles. The molecule has 0 saturated heterocycles. The summed E-state index contributed by atoms with van der Waals surface area (Å²) in [5, 5.41) is 0. The summed E-state index contributed by atoms with van der Waals surface area (Å²) in [7, 11) is 0. The number of fused-ring (bicyclic) bond motifs is 5. The van der Waals surface area contributed by atoms with Crippen LogP contribution in [0.2, 0.25) is 0 Å². The van der Waals surface area contributed by atoms with E-state index in [1.807, 2.05) is 0 Å². The van der Waals surface area contributed by atoms with Gasteiger partial charge in [-0.25, -0.2) is 0 Å². The maximum Gasteiger partial charge on any atom is 0.162 e. The van der Waals surface area contributed by atoms with Crippen molar-refractivity contribution in [2.75, 3.05) is 0 Å². The van der Waals surface area contributed by atoms with Crippen molar-refractivity contribution in [3.8, 4) is 0 Å². The van der Waals surface area contributed by atoms with Gasteiger partial charge in [-0.15, -0.1) is 0 Å². The lowest BCUT2D eigenvalue weighted by Gasteiger charge is -2.22. The first-order chi connectivity index (χ1) is 7.31. The summed E-state index contributed by atoms with van der Waals surface area (Å²) in [6.07, 6.45) is 9.84. The summed E-state index contributed by atoms with van der Waals surface area (Å²) in [5.74, 6) is 3.23. The van der Waals surface area contributed by atoms with E-state index in [1.54, 1.807) is 0 Å². The Labute approximate surface area is 91.9 Å². The van der Waals surface area contributed by atoms with Gasteiger partial charge in [0.25, 0.3) is 0 Å². The molecular weight excluding hydrogens is 184 g/mol. The van der Waals surface area contributed by atoms with Gasteiger partial charge >= 0.3 is 0 Å². The Balaban J connectivity index is 1.78. The highest BCUT2D eigenvalue weighted by Gasteiger charge is 2.52. The van der Waals surface area contributed by atoms with Crippen molar-refractivity contribution in [3.05, 3.63) is 11.6 Å². The number of hydrogen-bond donors (Lipinski definition) is 0. The third-order valence-corrected chi connectivity index (χ3v) is 4.79. The van der Waals surface area contributed by atoms with Crippen molar-refractivity contribution in [2.45, 2.75) is 45.4 Å². The van der Waals surface area contributed by atoms with Crippen molar-refractivity contribution in [3.63, 3.8) is 0 Å². The van der Waals surface area contributed by atoms with Crippen molar-refractivity contribution in [1.82, 2.24) is 0 Å². The number of carbonyl (C=O) groups is 1. The minimum Gasteiger partial charge on any atom is -0.294 e. The van der Waals surface area contributed by atoms with E-state index in [2.05, 4.69) is 13.0 Å². The molecule has 1 heteroatoms. The van der Waals surface area contributed by atoms with Crippen molar-refractivity contribution >= 4 is 5.78 Å². The average molecular weight is 204 g/mol. The summed E-state index contributed by atoms with van der Waals surface area (Å²) in [6, 6.07) is 0. The Morgan fingerprint density at radius 2 is 2.13 bits per heavy atom. The van der Waals surface area contributed by atoms with Gasteiger partial charge in [-0.05, 0) is 55.4 Å². The normalized spacial score (nSPS) is 42.2. The van der Waals surface area contributed by atoms with Gasteiger partial charge in [0.05, 0.1) is 0 Å². The first-order valence-corrected chi connectivity index (χ1v) is 6.56. The molecule has 2 saturated carbocycles. The Hall–Kier alpha value is -0.590. The molecule has 82 valence electrons. The molecule has 0 spiro atoms. The third kappa shape index (κ3) is 1.32. The van der Waals surface area contributed by atoms with Crippen LogP contribution >= 0.6 is 0 Å². The van der Waals surface area contributed by atoms with Crippen LogP contribution < -0.4 is 0 Å². The standard InChI is InChI=1S/C14H20O/c1-2-3-4-11-8-12-9-5-6-10(7-9)13(12)14(11)15/h8-10,12-13H,2-7H2,1H3. The van der Waals surface area contributed by atoms with E-state index >= 15 is 0 Å². The smallest absolute Gasteiger partial charge is 0.162 e. The van der Waals surface area contributed by atoms with E-state index in [-0.39, 0.29) is 0 Å². The first-order valence-electron chi connectivity index (χ1n) is 6.56. The maximum atomic E-state index is 12.2. The lowest BCUT2D eigenvalue weighted by molar-refractivity contribution is -0.120. The fourth-order valence-electron chi connectivity index (χ4n) is 4.07. The topological polar surface area (TPSA) is 17.1 Å². The van der Waals surface area contributed by atoms with Crippen LogP contribution in [-0.2, 0) is 4.79 Å². The summed E-state index contributed by atoms with van der Waals surface area (Å²) in [5.41, 5.74) is 1.18. The van der Waals surface area contributed by atoms with Gasteiger partial charge in [0.1, 0.15) is 0 Å². The van der Waals surface area contributed by atoms with E-state index in [0.29, 0.717) is 17.6 Å². The van der Waals surface area contributed by atoms with Crippen molar-refractivity contribution in [1.29, 1.82) is 0 Å². The second kappa shape index (κ2) is 3.47. The highest BCUT2D eigenvalue weighted by molar-refractivity contribution is 6.00. The molecule has 0 radical (unpaired) electrons. The lowest BCUT2D eigenvalue weighted by Crippen LogP contribution is -2.23. The second-order valence-electron chi connectivity index (χ2n) is 5.60. The lowest BCUT2D eigenvalue weighted by atomic mass is 9.81. The highest BCUT2D eigenvalue weighted by atomic mass is 16.1. The molecule has 0 N–H and O–H groups in total.